The first kappa shape index (κ1) is 30.2. The van der Waals surface area contributed by atoms with Crippen molar-refractivity contribution < 1.29 is 27.8 Å². The first-order valence-electron chi connectivity index (χ1n) is 14.5. The van der Waals surface area contributed by atoms with Crippen LogP contribution in [0.1, 0.15) is 58.8 Å². The second-order valence-electron chi connectivity index (χ2n) is 11.4. The van der Waals surface area contributed by atoms with Crippen molar-refractivity contribution in [2.75, 3.05) is 23.4 Å². The second kappa shape index (κ2) is 11.6. The first-order chi connectivity index (χ1) is 21.5. The number of hydrogen-bond donors (Lipinski definition) is 2. The Bertz CT molecular complexity index is 1830. The summed E-state index contributed by atoms with van der Waals surface area (Å²) in [7, 11) is 1.77. The van der Waals surface area contributed by atoms with Crippen molar-refractivity contribution in [3.05, 3.63) is 76.6 Å². The molecule has 1 amide bonds. The standard InChI is InChI=1S/C32H30F3N7O3/c1-3-37-27-12-21(22-6-5-19(14-36)9-23(22)29-40-38-18-41(29)2)13-28(39-27)42-15-25-24(30(42)43)10-20(11-26(25)32(33,34)35)16-45-17-31(44)7-4-8-31/h5-6,9-13,18,44H,3-4,7-8,15-17H2,1-2H3,(H,37,39). The first-order valence-corrected chi connectivity index (χ1v) is 14.5. The van der Waals surface area contributed by atoms with Crippen LogP contribution in [0.2, 0.25) is 0 Å². The molecule has 2 aliphatic rings. The molecule has 0 saturated heterocycles. The SMILES string of the molecule is CCNc1cc(-c2ccc(C#N)cc2-c2nncn2C)cc(N2Cc3c(cc(COCC4(O)CCC4)cc3C(F)(F)F)C2=O)n1. The smallest absolute Gasteiger partial charge is 0.387 e. The molecule has 2 aromatic heterocycles. The fraction of sp³-hybridized carbons (Fsp3) is 0.344. The zero-order chi connectivity index (χ0) is 31.9. The van der Waals surface area contributed by atoms with Crippen LogP contribution in [0.4, 0.5) is 24.8 Å². The molecule has 0 spiro atoms. The Morgan fingerprint density at radius 2 is 1.93 bits per heavy atom. The molecule has 4 aromatic rings. The third-order valence-electron chi connectivity index (χ3n) is 8.19. The van der Waals surface area contributed by atoms with Gasteiger partial charge in [0.1, 0.15) is 18.0 Å². The molecule has 0 unspecified atom stereocenters. The molecular formula is C32H30F3N7O3. The van der Waals surface area contributed by atoms with Gasteiger partial charge in [0.25, 0.3) is 5.91 Å². The summed E-state index contributed by atoms with van der Waals surface area (Å²) in [6.45, 7) is 1.90. The molecule has 6 rings (SSSR count). The number of alkyl halides is 3. The number of rotatable bonds is 9. The van der Waals surface area contributed by atoms with Crippen molar-refractivity contribution >= 4 is 17.5 Å². The van der Waals surface area contributed by atoms with Crippen molar-refractivity contribution in [1.29, 1.82) is 5.26 Å². The molecule has 1 aliphatic carbocycles. The summed E-state index contributed by atoms with van der Waals surface area (Å²) >= 11 is 0. The van der Waals surface area contributed by atoms with E-state index in [0.717, 1.165) is 12.5 Å². The van der Waals surface area contributed by atoms with E-state index < -0.39 is 23.2 Å². The molecule has 45 heavy (non-hydrogen) atoms. The number of aliphatic hydroxyl groups is 1. The fourth-order valence-corrected chi connectivity index (χ4v) is 5.74. The highest BCUT2D eigenvalue weighted by molar-refractivity contribution is 6.10. The second-order valence-corrected chi connectivity index (χ2v) is 11.4. The van der Waals surface area contributed by atoms with E-state index in [1.807, 2.05) is 6.92 Å². The Balaban J connectivity index is 1.39. The number of anilines is 2. The van der Waals surface area contributed by atoms with Gasteiger partial charge >= 0.3 is 6.18 Å². The highest BCUT2D eigenvalue weighted by atomic mass is 19.4. The molecule has 2 aromatic carbocycles. The van der Waals surface area contributed by atoms with Gasteiger partial charge in [-0.1, -0.05) is 6.07 Å². The molecule has 1 fully saturated rings. The number of amides is 1. The number of aromatic nitrogens is 4. The minimum absolute atomic E-state index is 0.0150. The van der Waals surface area contributed by atoms with Crippen molar-refractivity contribution in [1.82, 2.24) is 19.7 Å². The molecule has 0 atom stereocenters. The lowest BCUT2D eigenvalue weighted by molar-refractivity contribution is -0.138. The van der Waals surface area contributed by atoms with Crippen LogP contribution in [0.15, 0.2) is 48.8 Å². The van der Waals surface area contributed by atoms with Gasteiger partial charge in [0.2, 0.25) is 0 Å². The summed E-state index contributed by atoms with van der Waals surface area (Å²) in [6, 6.07) is 13.1. The number of carbonyl (C=O) groups excluding carboxylic acids is 1. The molecule has 0 bridgehead atoms. The Hall–Kier alpha value is -4.80. The van der Waals surface area contributed by atoms with Gasteiger partial charge in [-0.25, -0.2) is 4.98 Å². The monoisotopic (exact) mass is 617 g/mol. The van der Waals surface area contributed by atoms with Gasteiger partial charge in [-0.2, -0.15) is 18.4 Å². The maximum Gasteiger partial charge on any atom is 0.416 e. The van der Waals surface area contributed by atoms with Crippen LogP contribution in [0.25, 0.3) is 22.5 Å². The van der Waals surface area contributed by atoms with Crippen molar-refractivity contribution in [2.45, 2.75) is 51.1 Å². The molecular weight excluding hydrogens is 587 g/mol. The maximum atomic E-state index is 14.3. The highest BCUT2D eigenvalue weighted by Gasteiger charge is 2.41. The molecule has 13 heteroatoms. The number of nitrogens with one attached hydrogen (secondary N) is 1. The van der Waals surface area contributed by atoms with Gasteiger partial charge in [-0.3, -0.25) is 9.69 Å². The highest BCUT2D eigenvalue weighted by Crippen LogP contribution is 2.41. The Kier molecular flexibility index (Phi) is 7.80. The zero-order valence-corrected chi connectivity index (χ0v) is 24.6. The van der Waals surface area contributed by atoms with Gasteiger partial charge < -0.3 is 19.7 Å². The van der Waals surface area contributed by atoms with E-state index in [4.69, 9.17) is 4.74 Å². The van der Waals surface area contributed by atoms with E-state index in [2.05, 4.69) is 26.6 Å². The third-order valence-corrected chi connectivity index (χ3v) is 8.19. The van der Waals surface area contributed by atoms with E-state index in [9.17, 15) is 28.3 Å². The van der Waals surface area contributed by atoms with Gasteiger partial charge in [-0.05, 0) is 84.8 Å². The minimum Gasteiger partial charge on any atom is -0.387 e. The van der Waals surface area contributed by atoms with E-state index >= 15 is 0 Å². The summed E-state index contributed by atoms with van der Waals surface area (Å²) < 4.78 is 50.2. The number of pyridine rings is 1. The van der Waals surface area contributed by atoms with E-state index in [-0.39, 0.29) is 42.3 Å². The van der Waals surface area contributed by atoms with Gasteiger partial charge in [0.05, 0.1) is 42.6 Å². The summed E-state index contributed by atoms with van der Waals surface area (Å²) in [5.74, 6) is 0.469. The predicted molar refractivity (Wildman–Crippen MR) is 159 cm³/mol. The third kappa shape index (κ3) is 5.86. The number of nitrogens with zero attached hydrogens (tertiary/aromatic N) is 6. The molecule has 232 valence electrons. The van der Waals surface area contributed by atoms with Gasteiger partial charge in [-0.15, -0.1) is 10.2 Å². The number of fused-ring (bicyclic) bond motifs is 1. The summed E-state index contributed by atoms with van der Waals surface area (Å²) in [5, 5.41) is 31.2. The van der Waals surface area contributed by atoms with Crippen LogP contribution < -0.4 is 10.2 Å². The zero-order valence-electron chi connectivity index (χ0n) is 24.6. The van der Waals surface area contributed by atoms with Crippen LogP contribution in [0.3, 0.4) is 0 Å². The number of carbonyl (C=O) groups is 1. The average molecular weight is 618 g/mol. The quantitative estimate of drug-likeness (QED) is 0.254. The molecule has 1 saturated carbocycles. The van der Waals surface area contributed by atoms with Crippen LogP contribution in [-0.4, -0.2) is 49.5 Å². The summed E-state index contributed by atoms with van der Waals surface area (Å²) in [5.41, 5.74) is 0.437. The van der Waals surface area contributed by atoms with Crippen molar-refractivity contribution in [2.24, 2.45) is 7.05 Å². The number of hydrogen-bond acceptors (Lipinski definition) is 8. The normalized spacial score (nSPS) is 15.5. The molecule has 2 N–H and O–H groups in total. The Labute approximate surface area is 257 Å². The number of halogens is 3. The van der Waals surface area contributed by atoms with Crippen LogP contribution in [-0.2, 0) is 31.1 Å². The molecule has 1 aliphatic heterocycles. The lowest BCUT2D eigenvalue weighted by Crippen LogP contribution is -2.41. The minimum atomic E-state index is -4.71. The van der Waals surface area contributed by atoms with Crippen LogP contribution >= 0.6 is 0 Å². The largest absolute Gasteiger partial charge is 0.416 e. The predicted octanol–water partition coefficient (Wildman–Crippen LogP) is 5.46. The lowest BCUT2D eigenvalue weighted by Gasteiger charge is -2.36. The van der Waals surface area contributed by atoms with Crippen molar-refractivity contribution in [3.63, 3.8) is 0 Å². The number of nitriles is 1. The fourth-order valence-electron chi connectivity index (χ4n) is 5.74. The van der Waals surface area contributed by atoms with Crippen molar-refractivity contribution in [3.8, 4) is 28.6 Å². The number of aryl methyl sites for hydroxylation is 1. The molecule has 10 nitrogen and oxygen atoms in total. The Morgan fingerprint density at radius 3 is 2.58 bits per heavy atom. The van der Waals surface area contributed by atoms with E-state index in [1.54, 1.807) is 41.9 Å². The molecule has 0 radical (unpaired) electrons. The summed E-state index contributed by atoms with van der Waals surface area (Å²) in [4.78, 5) is 19.6. The topological polar surface area (TPSA) is 129 Å². The Morgan fingerprint density at radius 1 is 1.13 bits per heavy atom. The van der Waals surface area contributed by atoms with E-state index in [1.165, 1.54) is 17.3 Å². The number of ether oxygens (including phenoxy) is 1. The molecule has 3 heterocycles. The van der Waals surface area contributed by atoms with E-state index in [0.29, 0.717) is 53.3 Å². The van der Waals surface area contributed by atoms with Gasteiger partial charge in [0, 0.05) is 24.7 Å². The van der Waals surface area contributed by atoms with Crippen LogP contribution in [0.5, 0.6) is 0 Å². The lowest BCUT2D eigenvalue weighted by atomic mass is 9.81. The summed E-state index contributed by atoms with van der Waals surface area (Å²) in [6.07, 6.45) is -1.13. The maximum absolute atomic E-state index is 14.3. The van der Waals surface area contributed by atoms with Gasteiger partial charge in [0.15, 0.2) is 5.82 Å². The van der Waals surface area contributed by atoms with Crippen LogP contribution in [0, 0.1) is 11.3 Å². The number of benzene rings is 2. The average Bonchev–Trinajstić information content (AvgIpc) is 3.57.